The first-order valence-corrected chi connectivity index (χ1v) is 7.85. The van der Waals surface area contributed by atoms with Crippen LogP contribution in [0.5, 0.6) is 5.75 Å². The summed E-state index contributed by atoms with van der Waals surface area (Å²) < 4.78 is 5.82. The number of benzene rings is 1. The second-order valence-corrected chi connectivity index (χ2v) is 5.41. The quantitative estimate of drug-likeness (QED) is 0.656. The van der Waals surface area contributed by atoms with Crippen molar-refractivity contribution in [1.29, 1.82) is 0 Å². The molecule has 20 heavy (non-hydrogen) atoms. The van der Waals surface area contributed by atoms with Gasteiger partial charge in [0.05, 0.1) is 12.2 Å². The number of thiocarbonyl (C=S) groups is 1. The summed E-state index contributed by atoms with van der Waals surface area (Å²) in [6.45, 7) is 0.546. The molecule has 0 unspecified atom stereocenters. The highest BCUT2D eigenvalue weighted by Crippen LogP contribution is 2.28. The molecule has 0 saturated carbocycles. The SMILES string of the molecule is CSc1cccc(OCCc2ccccn2)c1C(N)=S. The first-order valence-electron chi connectivity index (χ1n) is 6.22. The lowest BCUT2D eigenvalue weighted by Gasteiger charge is -2.13. The molecule has 1 aromatic carbocycles. The van der Waals surface area contributed by atoms with E-state index in [9.17, 15) is 0 Å². The topological polar surface area (TPSA) is 48.1 Å². The van der Waals surface area contributed by atoms with Crippen LogP contribution in [-0.2, 0) is 6.42 Å². The maximum atomic E-state index is 5.82. The van der Waals surface area contributed by atoms with Crippen LogP contribution < -0.4 is 10.5 Å². The van der Waals surface area contributed by atoms with Crippen LogP contribution in [0.1, 0.15) is 11.3 Å². The second kappa shape index (κ2) is 7.26. The molecule has 0 amide bonds. The molecule has 0 aliphatic carbocycles. The summed E-state index contributed by atoms with van der Waals surface area (Å²) in [5.74, 6) is 0.736. The van der Waals surface area contributed by atoms with Gasteiger partial charge >= 0.3 is 0 Å². The number of aromatic nitrogens is 1. The highest BCUT2D eigenvalue weighted by Gasteiger charge is 2.11. The van der Waals surface area contributed by atoms with E-state index in [4.69, 9.17) is 22.7 Å². The first-order chi connectivity index (χ1) is 9.72. The molecule has 104 valence electrons. The summed E-state index contributed by atoms with van der Waals surface area (Å²) in [7, 11) is 0. The number of rotatable bonds is 6. The van der Waals surface area contributed by atoms with Crippen LogP contribution in [0, 0.1) is 0 Å². The number of hydrogen-bond acceptors (Lipinski definition) is 4. The molecule has 5 heteroatoms. The zero-order chi connectivity index (χ0) is 14.4. The number of ether oxygens (including phenoxy) is 1. The standard InChI is InChI=1S/C15H16N2OS2/c1-20-13-7-4-6-12(14(13)15(16)19)18-10-8-11-5-2-3-9-17-11/h2-7,9H,8,10H2,1H3,(H2,16,19). The Kier molecular flexibility index (Phi) is 5.38. The lowest BCUT2D eigenvalue weighted by atomic mass is 10.2. The Balaban J connectivity index is 2.08. The highest BCUT2D eigenvalue weighted by atomic mass is 32.2. The summed E-state index contributed by atoms with van der Waals surface area (Å²) in [5, 5.41) is 0. The average Bonchev–Trinajstić information content (AvgIpc) is 2.47. The van der Waals surface area contributed by atoms with Crippen molar-refractivity contribution in [2.45, 2.75) is 11.3 Å². The fourth-order valence-corrected chi connectivity index (χ4v) is 2.76. The van der Waals surface area contributed by atoms with Crippen molar-refractivity contribution in [3.05, 3.63) is 53.9 Å². The Morgan fingerprint density at radius 3 is 2.80 bits per heavy atom. The molecule has 0 radical (unpaired) electrons. The zero-order valence-electron chi connectivity index (χ0n) is 11.2. The molecule has 3 nitrogen and oxygen atoms in total. The van der Waals surface area contributed by atoms with Crippen LogP contribution in [0.3, 0.4) is 0 Å². The minimum Gasteiger partial charge on any atom is -0.492 e. The zero-order valence-corrected chi connectivity index (χ0v) is 12.8. The molecule has 1 heterocycles. The Bertz CT molecular complexity index is 588. The Morgan fingerprint density at radius 2 is 2.15 bits per heavy atom. The minimum absolute atomic E-state index is 0.364. The number of thioether (sulfide) groups is 1. The Morgan fingerprint density at radius 1 is 1.30 bits per heavy atom. The third-order valence-corrected chi connectivity index (χ3v) is 3.78. The minimum atomic E-state index is 0.364. The Hall–Kier alpha value is -1.59. The van der Waals surface area contributed by atoms with Gasteiger partial charge in [-0.05, 0) is 30.5 Å². The van der Waals surface area contributed by atoms with Crippen molar-refractivity contribution in [2.24, 2.45) is 5.73 Å². The van der Waals surface area contributed by atoms with Gasteiger partial charge in [0.1, 0.15) is 10.7 Å². The molecular weight excluding hydrogens is 288 g/mol. The van der Waals surface area contributed by atoms with Crippen LogP contribution in [0.4, 0.5) is 0 Å². The van der Waals surface area contributed by atoms with Crippen molar-refractivity contribution in [2.75, 3.05) is 12.9 Å². The first kappa shape index (κ1) is 14.8. The maximum absolute atomic E-state index is 5.82. The molecule has 0 aliphatic rings. The lowest BCUT2D eigenvalue weighted by Crippen LogP contribution is -2.14. The van der Waals surface area contributed by atoms with E-state index in [1.165, 1.54) is 0 Å². The molecule has 0 aliphatic heterocycles. The van der Waals surface area contributed by atoms with Gasteiger partial charge < -0.3 is 10.5 Å². The van der Waals surface area contributed by atoms with Crippen molar-refractivity contribution < 1.29 is 4.74 Å². The molecule has 0 bridgehead atoms. The van der Waals surface area contributed by atoms with Gasteiger partial charge in [0.25, 0.3) is 0 Å². The molecule has 0 saturated heterocycles. The molecule has 1 aromatic heterocycles. The summed E-state index contributed by atoms with van der Waals surface area (Å²) in [5.41, 5.74) is 7.62. The van der Waals surface area contributed by atoms with Crippen molar-refractivity contribution in [1.82, 2.24) is 4.98 Å². The largest absolute Gasteiger partial charge is 0.492 e. The van der Waals surface area contributed by atoms with E-state index in [1.54, 1.807) is 18.0 Å². The summed E-state index contributed by atoms with van der Waals surface area (Å²) >= 11 is 6.73. The van der Waals surface area contributed by atoms with E-state index in [0.29, 0.717) is 11.6 Å². The van der Waals surface area contributed by atoms with Crippen LogP contribution in [0.2, 0.25) is 0 Å². The van der Waals surface area contributed by atoms with Crippen molar-refractivity contribution in [3.8, 4) is 5.75 Å². The fraction of sp³-hybridized carbons (Fsp3) is 0.200. The van der Waals surface area contributed by atoms with E-state index in [1.807, 2.05) is 42.7 Å². The van der Waals surface area contributed by atoms with Gasteiger partial charge in [0.2, 0.25) is 0 Å². The van der Waals surface area contributed by atoms with Crippen LogP contribution in [-0.4, -0.2) is 22.8 Å². The fourth-order valence-electron chi connectivity index (χ4n) is 1.86. The third kappa shape index (κ3) is 3.71. The third-order valence-electron chi connectivity index (χ3n) is 2.80. The molecule has 2 N–H and O–H groups in total. The number of hydrogen-bond donors (Lipinski definition) is 1. The molecule has 2 aromatic rings. The molecule has 0 fully saturated rings. The predicted octanol–water partition coefficient (Wildman–Crippen LogP) is 3.06. The molecule has 0 atom stereocenters. The van der Waals surface area contributed by atoms with E-state index in [2.05, 4.69) is 4.98 Å². The lowest BCUT2D eigenvalue weighted by molar-refractivity contribution is 0.319. The van der Waals surface area contributed by atoms with Gasteiger partial charge in [-0.1, -0.05) is 24.4 Å². The maximum Gasteiger partial charge on any atom is 0.130 e. The van der Waals surface area contributed by atoms with Crippen LogP contribution >= 0.6 is 24.0 Å². The van der Waals surface area contributed by atoms with Crippen LogP contribution in [0.15, 0.2) is 47.5 Å². The van der Waals surface area contributed by atoms with Crippen molar-refractivity contribution >= 4 is 29.0 Å². The van der Waals surface area contributed by atoms with Gasteiger partial charge in [0.15, 0.2) is 0 Å². The Labute approximate surface area is 128 Å². The monoisotopic (exact) mass is 304 g/mol. The summed E-state index contributed by atoms with van der Waals surface area (Å²) in [6, 6.07) is 11.7. The average molecular weight is 304 g/mol. The molecule has 2 rings (SSSR count). The van der Waals surface area contributed by atoms with Crippen molar-refractivity contribution in [3.63, 3.8) is 0 Å². The van der Waals surface area contributed by atoms with Crippen LogP contribution in [0.25, 0.3) is 0 Å². The van der Waals surface area contributed by atoms with Gasteiger partial charge in [0, 0.05) is 23.2 Å². The van der Waals surface area contributed by atoms with E-state index in [-0.39, 0.29) is 0 Å². The highest BCUT2D eigenvalue weighted by molar-refractivity contribution is 7.98. The smallest absolute Gasteiger partial charge is 0.130 e. The predicted molar refractivity (Wildman–Crippen MR) is 87.5 cm³/mol. The van der Waals surface area contributed by atoms with Gasteiger partial charge in [-0.15, -0.1) is 11.8 Å². The van der Waals surface area contributed by atoms with Gasteiger partial charge in [-0.2, -0.15) is 0 Å². The van der Waals surface area contributed by atoms with Gasteiger partial charge in [-0.25, -0.2) is 0 Å². The normalized spacial score (nSPS) is 10.2. The number of nitrogens with two attached hydrogens (primary N) is 1. The van der Waals surface area contributed by atoms with E-state index in [0.717, 1.165) is 28.3 Å². The van der Waals surface area contributed by atoms with E-state index >= 15 is 0 Å². The molecular formula is C15H16N2OS2. The van der Waals surface area contributed by atoms with E-state index < -0.39 is 0 Å². The summed E-state index contributed by atoms with van der Waals surface area (Å²) in [6.07, 6.45) is 4.53. The number of pyridine rings is 1. The second-order valence-electron chi connectivity index (χ2n) is 4.12. The molecule has 0 spiro atoms. The summed E-state index contributed by atoms with van der Waals surface area (Å²) in [4.78, 5) is 5.67. The number of nitrogens with zero attached hydrogens (tertiary/aromatic N) is 1. The van der Waals surface area contributed by atoms with Gasteiger partial charge in [-0.3, -0.25) is 4.98 Å².